The molecule has 0 spiro atoms. The highest BCUT2D eigenvalue weighted by Gasteiger charge is 2.61. The first-order chi connectivity index (χ1) is 16.6. The van der Waals surface area contributed by atoms with Crippen LogP contribution in [0.1, 0.15) is 101 Å². The maximum Gasteiger partial charge on any atom is 0.161 e. The Morgan fingerprint density at radius 2 is 1.63 bits per heavy atom. The first-order valence-electron chi connectivity index (χ1n) is 14.1. The zero-order valence-corrected chi connectivity index (χ0v) is 21.9. The predicted octanol–water partition coefficient (Wildman–Crippen LogP) is 5.77. The van der Waals surface area contributed by atoms with Crippen LogP contribution in [0.2, 0.25) is 0 Å². The summed E-state index contributed by atoms with van der Waals surface area (Å²) in [5.41, 5.74) is 1.71. The first-order valence-corrected chi connectivity index (χ1v) is 14.1. The van der Waals surface area contributed by atoms with Crippen molar-refractivity contribution < 1.29 is 19.8 Å². The van der Waals surface area contributed by atoms with Gasteiger partial charge in [0.2, 0.25) is 0 Å². The zero-order valence-electron chi connectivity index (χ0n) is 21.9. The molecule has 0 amide bonds. The lowest BCUT2D eigenvalue weighted by Gasteiger charge is -2.62. The minimum atomic E-state index is -0.592. The molecule has 4 fully saturated rings. The fourth-order valence-corrected chi connectivity index (χ4v) is 9.47. The number of aliphatic hydroxyl groups excluding tert-OH is 1. The van der Waals surface area contributed by atoms with E-state index in [2.05, 4.69) is 13.8 Å². The lowest BCUT2D eigenvalue weighted by molar-refractivity contribution is -0.155. The van der Waals surface area contributed by atoms with Crippen molar-refractivity contribution in [1.29, 1.82) is 0 Å². The van der Waals surface area contributed by atoms with E-state index in [9.17, 15) is 19.8 Å². The molecule has 0 heterocycles. The number of benzene rings is 1. The Bertz CT molecular complexity index is 969. The number of rotatable bonds is 6. The second kappa shape index (κ2) is 9.10. The fraction of sp³-hybridized carbons (Fsp3) is 0.742. The maximum absolute atomic E-state index is 12.5. The van der Waals surface area contributed by atoms with Gasteiger partial charge in [0.05, 0.1) is 5.60 Å². The Morgan fingerprint density at radius 1 is 0.914 bits per heavy atom. The molecule has 1 aromatic carbocycles. The Balaban J connectivity index is 1.26. The normalized spacial score (nSPS) is 42.6. The lowest BCUT2D eigenvalue weighted by atomic mass is 9.43. The van der Waals surface area contributed by atoms with Gasteiger partial charge in [-0.05, 0) is 118 Å². The van der Waals surface area contributed by atoms with Gasteiger partial charge in [0.1, 0.15) is 6.61 Å². The average molecular weight is 481 g/mol. The summed E-state index contributed by atoms with van der Waals surface area (Å²) < 4.78 is 0. The van der Waals surface area contributed by atoms with E-state index in [4.69, 9.17) is 0 Å². The van der Waals surface area contributed by atoms with E-state index >= 15 is 0 Å². The van der Waals surface area contributed by atoms with Crippen LogP contribution in [-0.4, -0.2) is 34.0 Å². The molecule has 1 aromatic rings. The summed E-state index contributed by atoms with van der Waals surface area (Å²) in [5, 5.41) is 21.2. The summed E-state index contributed by atoms with van der Waals surface area (Å²) in [6, 6.07) is 7.88. The molecule has 0 saturated heterocycles. The van der Waals surface area contributed by atoms with Crippen LogP contribution in [0.5, 0.6) is 0 Å². The molecule has 5 rings (SSSR count). The number of ketones is 2. The van der Waals surface area contributed by atoms with Crippen LogP contribution in [-0.2, 0) is 11.2 Å². The van der Waals surface area contributed by atoms with Gasteiger partial charge < -0.3 is 10.2 Å². The van der Waals surface area contributed by atoms with Crippen LogP contribution in [0, 0.1) is 40.4 Å². The largest absolute Gasteiger partial charge is 0.390 e. The number of aliphatic hydroxyl groups is 2. The molecule has 35 heavy (non-hydrogen) atoms. The standard InChI is InChI=1S/C31H44O4/c1-20(33)22-6-4-21(5-7-22)12-15-31(35)17-16-29(2)23(18-31)8-9-24-25-10-11-27(28(34)19-32)30(25,3)14-13-26(24)29/h4-7,23-27,32,35H,8-19H2,1-3H3/t23?,24-,25-,26-,27+,29-,30-,31?/m0/s1. The van der Waals surface area contributed by atoms with Gasteiger partial charge in [-0.3, -0.25) is 9.59 Å². The van der Waals surface area contributed by atoms with Crippen molar-refractivity contribution in [2.45, 2.75) is 97.0 Å². The molecule has 2 unspecified atom stereocenters. The molecule has 0 aromatic heterocycles. The number of aryl methyl sites for hydroxylation is 1. The molecule has 0 aliphatic heterocycles. The van der Waals surface area contributed by atoms with Crippen molar-refractivity contribution >= 4 is 11.6 Å². The van der Waals surface area contributed by atoms with Gasteiger partial charge in [-0.15, -0.1) is 0 Å². The number of hydrogen-bond donors (Lipinski definition) is 2. The third-order valence-corrected chi connectivity index (χ3v) is 11.6. The second-order valence-corrected chi connectivity index (χ2v) is 13.1. The molecule has 2 N–H and O–H groups in total. The number of Topliss-reactive ketones (excluding diaryl/α,β-unsaturated/α-hetero) is 2. The number of carbonyl (C=O) groups is 2. The van der Waals surface area contributed by atoms with E-state index in [-0.39, 0.29) is 29.5 Å². The highest BCUT2D eigenvalue weighted by atomic mass is 16.3. The van der Waals surface area contributed by atoms with Gasteiger partial charge in [-0.1, -0.05) is 38.1 Å². The molecule has 4 heteroatoms. The minimum absolute atomic E-state index is 0.0462. The SMILES string of the molecule is CC(=O)c1ccc(CCC2(O)CC[C@@]3(C)C(CC[C@H]4[C@@H]5CC[C@H](C(=O)CO)[C@@]5(C)CC[C@@H]43)C2)cc1. The summed E-state index contributed by atoms with van der Waals surface area (Å²) in [6.07, 6.45) is 11.3. The van der Waals surface area contributed by atoms with E-state index in [1.807, 2.05) is 24.3 Å². The van der Waals surface area contributed by atoms with Crippen LogP contribution in [0.3, 0.4) is 0 Å². The summed E-state index contributed by atoms with van der Waals surface area (Å²) in [6.45, 7) is 6.15. The maximum atomic E-state index is 12.5. The first kappa shape index (κ1) is 25.1. The minimum Gasteiger partial charge on any atom is -0.390 e. The monoisotopic (exact) mass is 480 g/mol. The van der Waals surface area contributed by atoms with Crippen molar-refractivity contribution in [3.05, 3.63) is 35.4 Å². The Labute approximate surface area is 210 Å². The predicted molar refractivity (Wildman–Crippen MR) is 137 cm³/mol. The quantitative estimate of drug-likeness (QED) is 0.507. The van der Waals surface area contributed by atoms with Gasteiger partial charge >= 0.3 is 0 Å². The van der Waals surface area contributed by atoms with Gasteiger partial charge in [0, 0.05) is 11.5 Å². The molecule has 4 nitrogen and oxygen atoms in total. The van der Waals surface area contributed by atoms with Crippen LogP contribution >= 0.6 is 0 Å². The summed E-state index contributed by atoms with van der Waals surface area (Å²) in [7, 11) is 0. The number of fused-ring (bicyclic) bond motifs is 5. The summed E-state index contributed by atoms with van der Waals surface area (Å²) in [5.74, 6) is 2.77. The Morgan fingerprint density at radius 3 is 2.31 bits per heavy atom. The third-order valence-electron chi connectivity index (χ3n) is 11.6. The lowest BCUT2D eigenvalue weighted by Crippen LogP contribution is -2.56. The molecule has 4 aliphatic rings. The number of hydrogen-bond acceptors (Lipinski definition) is 4. The Kier molecular flexibility index (Phi) is 6.54. The summed E-state index contributed by atoms with van der Waals surface area (Å²) in [4.78, 5) is 24.1. The van der Waals surface area contributed by atoms with E-state index < -0.39 is 5.60 Å². The van der Waals surface area contributed by atoms with E-state index in [1.165, 1.54) is 24.8 Å². The van der Waals surface area contributed by atoms with Crippen molar-refractivity contribution in [2.24, 2.45) is 40.4 Å². The van der Waals surface area contributed by atoms with Crippen molar-refractivity contribution in [2.75, 3.05) is 6.61 Å². The molecular formula is C31H44O4. The molecule has 0 radical (unpaired) electrons. The van der Waals surface area contributed by atoms with E-state index in [0.717, 1.165) is 56.9 Å². The highest BCUT2D eigenvalue weighted by Crippen LogP contribution is 2.68. The van der Waals surface area contributed by atoms with Crippen molar-refractivity contribution in [1.82, 2.24) is 0 Å². The Hall–Kier alpha value is -1.52. The van der Waals surface area contributed by atoms with Crippen LogP contribution in [0.4, 0.5) is 0 Å². The van der Waals surface area contributed by atoms with Crippen LogP contribution in [0.15, 0.2) is 24.3 Å². The highest BCUT2D eigenvalue weighted by molar-refractivity contribution is 5.94. The van der Waals surface area contributed by atoms with E-state index in [0.29, 0.717) is 29.1 Å². The topological polar surface area (TPSA) is 74.6 Å². The smallest absolute Gasteiger partial charge is 0.161 e. The molecule has 192 valence electrons. The molecule has 4 saturated carbocycles. The van der Waals surface area contributed by atoms with Crippen molar-refractivity contribution in [3.63, 3.8) is 0 Å². The number of carbonyl (C=O) groups excluding carboxylic acids is 2. The second-order valence-electron chi connectivity index (χ2n) is 13.1. The molecule has 4 aliphatic carbocycles. The zero-order chi connectivity index (χ0) is 25.0. The fourth-order valence-electron chi connectivity index (χ4n) is 9.47. The average Bonchev–Trinajstić information content (AvgIpc) is 3.20. The third kappa shape index (κ3) is 4.23. The van der Waals surface area contributed by atoms with Gasteiger partial charge in [0.25, 0.3) is 0 Å². The van der Waals surface area contributed by atoms with Gasteiger partial charge in [0.15, 0.2) is 11.6 Å². The van der Waals surface area contributed by atoms with Crippen LogP contribution < -0.4 is 0 Å². The molecule has 0 bridgehead atoms. The molecular weight excluding hydrogens is 436 g/mol. The summed E-state index contributed by atoms with van der Waals surface area (Å²) >= 11 is 0. The van der Waals surface area contributed by atoms with Gasteiger partial charge in [-0.2, -0.15) is 0 Å². The van der Waals surface area contributed by atoms with E-state index in [1.54, 1.807) is 6.92 Å². The van der Waals surface area contributed by atoms with Crippen LogP contribution in [0.25, 0.3) is 0 Å². The molecule has 8 atom stereocenters. The van der Waals surface area contributed by atoms with Crippen molar-refractivity contribution in [3.8, 4) is 0 Å². The van der Waals surface area contributed by atoms with Gasteiger partial charge in [-0.25, -0.2) is 0 Å².